The maximum atomic E-state index is 6.27. The summed E-state index contributed by atoms with van der Waals surface area (Å²) < 4.78 is 0. The third-order valence-electron chi connectivity index (χ3n) is 3.31. The minimum atomic E-state index is 0.196. The summed E-state index contributed by atoms with van der Waals surface area (Å²) in [6.45, 7) is 4.29. The van der Waals surface area contributed by atoms with Gasteiger partial charge in [0.1, 0.15) is 5.52 Å². The lowest BCUT2D eigenvalue weighted by atomic mass is 10.1. The van der Waals surface area contributed by atoms with Gasteiger partial charge in [-0.25, -0.2) is 9.97 Å². The first-order chi connectivity index (χ1) is 9.72. The van der Waals surface area contributed by atoms with Gasteiger partial charge < -0.3 is 5.32 Å². The zero-order valence-corrected chi connectivity index (χ0v) is 12.8. The first-order valence-electron chi connectivity index (χ1n) is 7.21. The lowest BCUT2D eigenvalue weighted by Crippen LogP contribution is -2.24. The molecule has 20 heavy (non-hydrogen) atoms. The Morgan fingerprint density at radius 2 is 2.10 bits per heavy atom. The standard InChI is InChI=1S/C15H21ClN4/c1-3-6-12(9-11(16)4-2)19-15-18-10-14-13(20-15)7-5-8-17-14/h5,7-8,10-12H,3-4,6,9H2,1-2H3,(H,18,19,20). The molecule has 0 radical (unpaired) electrons. The molecule has 0 fully saturated rings. The van der Waals surface area contributed by atoms with E-state index in [1.807, 2.05) is 12.1 Å². The van der Waals surface area contributed by atoms with Gasteiger partial charge in [0, 0.05) is 17.6 Å². The second-order valence-electron chi connectivity index (χ2n) is 4.97. The minimum absolute atomic E-state index is 0.196. The molecule has 0 aliphatic heterocycles. The fourth-order valence-corrected chi connectivity index (χ4v) is 2.41. The lowest BCUT2D eigenvalue weighted by Gasteiger charge is -2.20. The van der Waals surface area contributed by atoms with Crippen LogP contribution >= 0.6 is 11.6 Å². The number of rotatable bonds is 7. The van der Waals surface area contributed by atoms with Crippen LogP contribution in [0.2, 0.25) is 0 Å². The fraction of sp³-hybridized carbons (Fsp3) is 0.533. The third-order valence-corrected chi connectivity index (χ3v) is 3.79. The molecule has 0 aliphatic rings. The Balaban J connectivity index is 2.11. The number of halogens is 1. The van der Waals surface area contributed by atoms with Gasteiger partial charge in [0.25, 0.3) is 0 Å². The van der Waals surface area contributed by atoms with Crippen LogP contribution in [-0.4, -0.2) is 26.4 Å². The van der Waals surface area contributed by atoms with Crippen molar-refractivity contribution < 1.29 is 0 Å². The predicted octanol–water partition coefficient (Wildman–Crippen LogP) is 4.01. The molecule has 0 spiro atoms. The number of pyridine rings is 1. The van der Waals surface area contributed by atoms with Crippen LogP contribution < -0.4 is 5.32 Å². The highest BCUT2D eigenvalue weighted by atomic mass is 35.5. The van der Waals surface area contributed by atoms with Crippen molar-refractivity contribution in [1.82, 2.24) is 15.0 Å². The average Bonchev–Trinajstić information content (AvgIpc) is 2.47. The largest absolute Gasteiger partial charge is 0.351 e. The molecule has 2 heterocycles. The summed E-state index contributed by atoms with van der Waals surface area (Å²) in [4.78, 5) is 13.1. The molecule has 0 bridgehead atoms. The number of anilines is 1. The normalized spacial score (nSPS) is 14.2. The molecule has 0 aliphatic carbocycles. The van der Waals surface area contributed by atoms with E-state index in [0.717, 1.165) is 36.7 Å². The van der Waals surface area contributed by atoms with Gasteiger partial charge in [-0.05, 0) is 31.4 Å². The second kappa shape index (κ2) is 7.39. The van der Waals surface area contributed by atoms with Crippen LogP contribution in [-0.2, 0) is 0 Å². The SMILES string of the molecule is CCCC(CC(Cl)CC)Nc1ncc2ncccc2n1. The second-order valence-corrected chi connectivity index (χ2v) is 5.59. The molecule has 4 nitrogen and oxygen atoms in total. The van der Waals surface area contributed by atoms with E-state index in [1.54, 1.807) is 12.4 Å². The van der Waals surface area contributed by atoms with E-state index in [9.17, 15) is 0 Å². The Kier molecular flexibility index (Phi) is 5.53. The van der Waals surface area contributed by atoms with Crippen LogP contribution in [0.4, 0.5) is 5.95 Å². The first kappa shape index (κ1) is 15.0. The maximum Gasteiger partial charge on any atom is 0.223 e. The summed E-state index contributed by atoms with van der Waals surface area (Å²) in [6.07, 6.45) is 7.59. The van der Waals surface area contributed by atoms with Crippen molar-refractivity contribution in [3.05, 3.63) is 24.5 Å². The van der Waals surface area contributed by atoms with Gasteiger partial charge in [0.15, 0.2) is 0 Å². The molecule has 2 aromatic rings. The van der Waals surface area contributed by atoms with Crippen LogP contribution in [0.25, 0.3) is 11.0 Å². The molecule has 5 heteroatoms. The van der Waals surface area contributed by atoms with E-state index >= 15 is 0 Å². The summed E-state index contributed by atoms with van der Waals surface area (Å²) >= 11 is 6.27. The first-order valence-corrected chi connectivity index (χ1v) is 7.65. The van der Waals surface area contributed by atoms with E-state index in [2.05, 4.69) is 34.1 Å². The maximum absolute atomic E-state index is 6.27. The fourth-order valence-electron chi connectivity index (χ4n) is 2.19. The van der Waals surface area contributed by atoms with Crippen LogP contribution in [0.3, 0.4) is 0 Å². The lowest BCUT2D eigenvalue weighted by molar-refractivity contribution is 0.566. The number of hydrogen-bond acceptors (Lipinski definition) is 4. The highest BCUT2D eigenvalue weighted by Gasteiger charge is 2.14. The molecule has 2 atom stereocenters. The van der Waals surface area contributed by atoms with Crippen LogP contribution in [0.15, 0.2) is 24.5 Å². The topological polar surface area (TPSA) is 50.7 Å². The van der Waals surface area contributed by atoms with E-state index in [0.29, 0.717) is 12.0 Å². The zero-order chi connectivity index (χ0) is 14.4. The molecule has 0 saturated carbocycles. The Labute approximate surface area is 125 Å². The van der Waals surface area contributed by atoms with Crippen LogP contribution in [0.1, 0.15) is 39.5 Å². The van der Waals surface area contributed by atoms with E-state index in [-0.39, 0.29) is 5.38 Å². The molecule has 108 valence electrons. The van der Waals surface area contributed by atoms with Crippen molar-refractivity contribution in [1.29, 1.82) is 0 Å². The molecule has 2 unspecified atom stereocenters. The number of aromatic nitrogens is 3. The van der Waals surface area contributed by atoms with Gasteiger partial charge in [-0.3, -0.25) is 4.98 Å². The Morgan fingerprint density at radius 1 is 1.25 bits per heavy atom. The number of nitrogens with one attached hydrogen (secondary N) is 1. The van der Waals surface area contributed by atoms with E-state index in [4.69, 9.17) is 11.6 Å². The monoisotopic (exact) mass is 292 g/mol. The van der Waals surface area contributed by atoms with Crippen molar-refractivity contribution in [3.63, 3.8) is 0 Å². The predicted molar refractivity (Wildman–Crippen MR) is 84.2 cm³/mol. The summed E-state index contributed by atoms with van der Waals surface area (Å²) in [5.41, 5.74) is 1.67. The molecule has 2 aromatic heterocycles. The van der Waals surface area contributed by atoms with Gasteiger partial charge in [0.2, 0.25) is 5.95 Å². The molecular weight excluding hydrogens is 272 g/mol. The molecule has 0 saturated heterocycles. The zero-order valence-electron chi connectivity index (χ0n) is 12.0. The van der Waals surface area contributed by atoms with Crippen molar-refractivity contribution in [2.45, 2.75) is 50.9 Å². The molecule has 1 N–H and O–H groups in total. The highest BCUT2D eigenvalue weighted by molar-refractivity contribution is 6.20. The Bertz CT molecular complexity index is 546. The summed E-state index contributed by atoms with van der Waals surface area (Å²) in [5, 5.41) is 3.60. The molecular formula is C15H21ClN4. The molecule has 0 aromatic carbocycles. The van der Waals surface area contributed by atoms with Gasteiger partial charge >= 0.3 is 0 Å². The van der Waals surface area contributed by atoms with Gasteiger partial charge in [-0.15, -0.1) is 11.6 Å². The van der Waals surface area contributed by atoms with Gasteiger partial charge in [0.05, 0.1) is 11.7 Å². The summed E-state index contributed by atoms with van der Waals surface area (Å²) in [5.74, 6) is 0.656. The average molecular weight is 293 g/mol. The van der Waals surface area contributed by atoms with E-state index < -0.39 is 0 Å². The smallest absolute Gasteiger partial charge is 0.223 e. The third kappa shape index (κ3) is 4.04. The van der Waals surface area contributed by atoms with Gasteiger partial charge in [-0.2, -0.15) is 0 Å². The number of nitrogens with zero attached hydrogens (tertiary/aromatic N) is 3. The Morgan fingerprint density at radius 3 is 2.85 bits per heavy atom. The highest BCUT2D eigenvalue weighted by Crippen LogP contribution is 2.17. The van der Waals surface area contributed by atoms with Crippen molar-refractivity contribution >= 4 is 28.6 Å². The van der Waals surface area contributed by atoms with Crippen molar-refractivity contribution in [2.75, 3.05) is 5.32 Å². The van der Waals surface area contributed by atoms with Crippen LogP contribution in [0, 0.1) is 0 Å². The van der Waals surface area contributed by atoms with Crippen molar-refractivity contribution in [2.24, 2.45) is 0 Å². The Hall–Kier alpha value is -1.42. The van der Waals surface area contributed by atoms with Gasteiger partial charge in [-0.1, -0.05) is 20.3 Å². The summed E-state index contributed by atoms with van der Waals surface area (Å²) in [7, 11) is 0. The van der Waals surface area contributed by atoms with E-state index in [1.165, 1.54) is 0 Å². The minimum Gasteiger partial charge on any atom is -0.351 e. The van der Waals surface area contributed by atoms with Crippen molar-refractivity contribution in [3.8, 4) is 0 Å². The summed E-state index contributed by atoms with van der Waals surface area (Å²) in [6, 6.07) is 4.14. The number of fused-ring (bicyclic) bond motifs is 1. The molecule has 2 rings (SSSR count). The van der Waals surface area contributed by atoms with Crippen LogP contribution in [0.5, 0.6) is 0 Å². The number of hydrogen-bond donors (Lipinski definition) is 1. The number of alkyl halides is 1. The quantitative estimate of drug-likeness (QED) is 0.783. The molecule has 0 amide bonds.